The molecule has 2 unspecified atom stereocenters. The van der Waals surface area contributed by atoms with Crippen molar-refractivity contribution in [2.75, 3.05) is 26.7 Å². The van der Waals surface area contributed by atoms with Gasteiger partial charge in [0, 0.05) is 32.3 Å². The minimum Gasteiger partial charge on any atom is -0.380 e. The van der Waals surface area contributed by atoms with E-state index in [1.54, 1.807) is 0 Å². The number of methoxy groups -OCH3 is 1. The average molecular weight is 266 g/mol. The third-order valence-corrected chi connectivity index (χ3v) is 5.36. The first kappa shape index (κ1) is 13.8. The van der Waals surface area contributed by atoms with Crippen LogP contribution in [0.3, 0.4) is 0 Å². The van der Waals surface area contributed by atoms with E-state index in [9.17, 15) is 0 Å². The number of hydrogen-bond donors (Lipinski definition) is 1. The number of rotatable bonds is 5. The van der Waals surface area contributed by atoms with E-state index in [1.807, 2.05) is 7.11 Å². The summed E-state index contributed by atoms with van der Waals surface area (Å²) in [5, 5.41) is 3.77. The monoisotopic (exact) mass is 266 g/mol. The highest BCUT2D eigenvalue weighted by Crippen LogP contribution is 2.29. The van der Waals surface area contributed by atoms with Gasteiger partial charge in [-0.1, -0.05) is 12.8 Å². The second-order valence-electron chi connectivity index (χ2n) is 6.79. The zero-order chi connectivity index (χ0) is 13.1. The Morgan fingerprint density at radius 3 is 2.42 bits per heavy atom. The standard InChI is InChI=1S/C16H30N2O/c1-19-16-5-3-2-4-15(16)18-10-8-14(9-11-18)17-12-13-6-7-13/h13-17H,2-12H2,1H3. The topological polar surface area (TPSA) is 24.5 Å². The highest BCUT2D eigenvalue weighted by Gasteiger charge is 2.32. The first-order valence-corrected chi connectivity index (χ1v) is 8.37. The predicted octanol–water partition coefficient (Wildman–Crippen LogP) is 2.41. The van der Waals surface area contributed by atoms with E-state index in [-0.39, 0.29) is 0 Å². The van der Waals surface area contributed by atoms with Crippen LogP contribution in [0.15, 0.2) is 0 Å². The lowest BCUT2D eigenvalue weighted by molar-refractivity contribution is -0.0199. The van der Waals surface area contributed by atoms with Crippen LogP contribution in [0.25, 0.3) is 0 Å². The molecule has 3 fully saturated rings. The van der Waals surface area contributed by atoms with Crippen LogP contribution < -0.4 is 5.32 Å². The molecule has 2 aliphatic carbocycles. The molecule has 1 N–H and O–H groups in total. The number of piperidine rings is 1. The molecule has 0 aromatic rings. The fourth-order valence-corrected chi connectivity index (χ4v) is 3.86. The fraction of sp³-hybridized carbons (Fsp3) is 1.00. The molecule has 1 heterocycles. The molecular weight excluding hydrogens is 236 g/mol. The van der Waals surface area contributed by atoms with Gasteiger partial charge in [-0.05, 0) is 51.0 Å². The second-order valence-corrected chi connectivity index (χ2v) is 6.79. The molecule has 3 heteroatoms. The highest BCUT2D eigenvalue weighted by atomic mass is 16.5. The molecular formula is C16H30N2O. The Morgan fingerprint density at radius 2 is 1.74 bits per heavy atom. The summed E-state index contributed by atoms with van der Waals surface area (Å²) in [6, 6.07) is 1.48. The maximum absolute atomic E-state index is 5.71. The molecule has 0 amide bonds. The second kappa shape index (κ2) is 6.55. The Balaban J connectivity index is 1.42. The summed E-state index contributed by atoms with van der Waals surface area (Å²) >= 11 is 0. The molecule has 0 aromatic carbocycles. The van der Waals surface area contributed by atoms with E-state index < -0.39 is 0 Å². The first-order chi connectivity index (χ1) is 9.36. The van der Waals surface area contributed by atoms with Crippen LogP contribution in [0.1, 0.15) is 51.4 Å². The molecule has 0 aromatic heterocycles. The lowest BCUT2D eigenvalue weighted by Gasteiger charge is -2.42. The normalized spacial score (nSPS) is 34.6. The Bertz CT molecular complexity index is 272. The fourth-order valence-electron chi connectivity index (χ4n) is 3.86. The number of likely N-dealkylation sites (tertiary alicyclic amines) is 1. The van der Waals surface area contributed by atoms with Crippen molar-refractivity contribution < 1.29 is 4.74 Å². The quantitative estimate of drug-likeness (QED) is 0.827. The smallest absolute Gasteiger partial charge is 0.0726 e. The van der Waals surface area contributed by atoms with E-state index in [0.717, 1.165) is 12.0 Å². The molecule has 0 spiro atoms. The van der Waals surface area contributed by atoms with Crippen LogP contribution in [0, 0.1) is 5.92 Å². The molecule has 0 bridgehead atoms. The maximum atomic E-state index is 5.71. The third-order valence-electron chi connectivity index (χ3n) is 5.36. The number of hydrogen-bond acceptors (Lipinski definition) is 3. The third kappa shape index (κ3) is 3.71. The van der Waals surface area contributed by atoms with Crippen molar-refractivity contribution in [1.29, 1.82) is 0 Å². The summed E-state index contributed by atoms with van der Waals surface area (Å²) < 4.78 is 5.71. The molecule has 3 rings (SSSR count). The lowest BCUT2D eigenvalue weighted by Crippen LogP contribution is -2.52. The van der Waals surface area contributed by atoms with Crippen LogP contribution >= 0.6 is 0 Å². The van der Waals surface area contributed by atoms with Gasteiger partial charge < -0.3 is 10.1 Å². The SMILES string of the molecule is COC1CCCCC1N1CCC(NCC2CC2)CC1. The zero-order valence-electron chi connectivity index (χ0n) is 12.4. The van der Waals surface area contributed by atoms with Crippen molar-refractivity contribution in [2.24, 2.45) is 5.92 Å². The molecule has 1 saturated heterocycles. The van der Waals surface area contributed by atoms with Crippen LogP contribution in [-0.2, 0) is 4.74 Å². The predicted molar refractivity (Wildman–Crippen MR) is 78.4 cm³/mol. The van der Waals surface area contributed by atoms with Gasteiger partial charge in [0.15, 0.2) is 0 Å². The zero-order valence-corrected chi connectivity index (χ0v) is 12.4. The number of nitrogens with one attached hydrogen (secondary N) is 1. The van der Waals surface area contributed by atoms with E-state index in [1.165, 1.54) is 71.0 Å². The van der Waals surface area contributed by atoms with E-state index in [2.05, 4.69) is 10.2 Å². The minimum atomic E-state index is 0.490. The van der Waals surface area contributed by atoms with Gasteiger partial charge in [-0.15, -0.1) is 0 Å². The van der Waals surface area contributed by atoms with Gasteiger partial charge in [0.25, 0.3) is 0 Å². The molecule has 110 valence electrons. The Kier molecular flexibility index (Phi) is 4.78. The van der Waals surface area contributed by atoms with Crippen molar-refractivity contribution in [2.45, 2.75) is 69.6 Å². The van der Waals surface area contributed by atoms with Crippen LogP contribution in [0.2, 0.25) is 0 Å². The first-order valence-electron chi connectivity index (χ1n) is 8.37. The highest BCUT2D eigenvalue weighted by molar-refractivity contribution is 4.89. The summed E-state index contributed by atoms with van der Waals surface area (Å²) in [6.07, 6.45) is 11.4. The van der Waals surface area contributed by atoms with Crippen LogP contribution in [-0.4, -0.2) is 49.8 Å². The van der Waals surface area contributed by atoms with Gasteiger partial charge in [-0.2, -0.15) is 0 Å². The molecule has 1 aliphatic heterocycles. The minimum absolute atomic E-state index is 0.490. The summed E-state index contributed by atoms with van der Waals surface area (Å²) in [5.41, 5.74) is 0. The van der Waals surface area contributed by atoms with E-state index >= 15 is 0 Å². The summed E-state index contributed by atoms with van der Waals surface area (Å²) in [7, 11) is 1.90. The molecule has 3 aliphatic rings. The van der Waals surface area contributed by atoms with Gasteiger partial charge in [0.05, 0.1) is 6.10 Å². The average Bonchev–Trinajstić information content (AvgIpc) is 3.30. The summed E-state index contributed by atoms with van der Waals surface area (Å²) in [6.45, 7) is 3.81. The Morgan fingerprint density at radius 1 is 1.00 bits per heavy atom. The van der Waals surface area contributed by atoms with Crippen LogP contribution in [0.4, 0.5) is 0 Å². The van der Waals surface area contributed by atoms with E-state index in [0.29, 0.717) is 12.1 Å². The molecule has 3 nitrogen and oxygen atoms in total. The molecule has 2 atom stereocenters. The van der Waals surface area contributed by atoms with Gasteiger partial charge >= 0.3 is 0 Å². The van der Waals surface area contributed by atoms with Crippen molar-refractivity contribution in [3.63, 3.8) is 0 Å². The van der Waals surface area contributed by atoms with Gasteiger partial charge in [-0.3, -0.25) is 4.90 Å². The van der Waals surface area contributed by atoms with Gasteiger partial charge in [0.1, 0.15) is 0 Å². The maximum Gasteiger partial charge on any atom is 0.0726 e. The van der Waals surface area contributed by atoms with Crippen molar-refractivity contribution in [3.8, 4) is 0 Å². The van der Waals surface area contributed by atoms with Gasteiger partial charge in [-0.25, -0.2) is 0 Å². The number of ether oxygens (including phenoxy) is 1. The Labute approximate surface area is 118 Å². The van der Waals surface area contributed by atoms with Crippen molar-refractivity contribution in [1.82, 2.24) is 10.2 Å². The lowest BCUT2D eigenvalue weighted by atomic mass is 9.89. The largest absolute Gasteiger partial charge is 0.380 e. The molecule has 19 heavy (non-hydrogen) atoms. The van der Waals surface area contributed by atoms with Crippen molar-refractivity contribution >= 4 is 0 Å². The number of nitrogens with zero attached hydrogens (tertiary/aromatic N) is 1. The van der Waals surface area contributed by atoms with E-state index in [4.69, 9.17) is 4.74 Å². The Hall–Kier alpha value is -0.120. The summed E-state index contributed by atoms with van der Waals surface area (Å²) in [4.78, 5) is 2.71. The molecule has 2 saturated carbocycles. The summed E-state index contributed by atoms with van der Waals surface area (Å²) in [5.74, 6) is 1.01. The molecule has 0 radical (unpaired) electrons. The van der Waals surface area contributed by atoms with Gasteiger partial charge in [0.2, 0.25) is 0 Å². The van der Waals surface area contributed by atoms with Crippen LogP contribution in [0.5, 0.6) is 0 Å². The van der Waals surface area contributed by atoms with Crippen molar-refractivity contribution in [3.05, 3.63) is 0 Å².